The minimum absolute atomic E-state index is 0.0784. The lowest BCUT2D eigenvalue weighted by Gasteiger charge is -2.25. The Morgan fingerprint density at radius 3 is 2.24 bits per heavy atom. The third-order valence-corrected chi connectivity index (χ3v) is 3.20. The predicted octanol–water partition coefficient (Wildman–Crippen LogP) is 3.66. The van der Waals surface area contributed by atoms with Gasteiger partial charge in [0.1, 0.15) is 0 Å². The first-order chi connectivity index (χ1) is 8.04. The lowest BCUT2D eigenvalue weighted by molar-refractivity contribution is -0.0251. The molecule has 0 aliphatic carbocycles. The van der Waals surface area contributed by atoms with Crippen molar-refractivity contribution in [3.8, 4) is 0 Å². The van der Waals surface area contributed by atoms with Crippen LogP contribution in [0.3, 0.4) is 0 Å². The molecule has 0 aromatic heterocycles. The minimum Gasteiger partial charge on any atom is -0.369 e. The van der Waals surface area contributed by atoms with Gasteiger partial charge in [-0.3, -0.25) is 0 Å². The van der Waals surface area contributed by atoms with Crippen LogP contribution in [0, 0.1) is 5.92 Å². The van der Waals surface area contributed by atoms with Crippen molar-refractivity contribution < 1.29 is 4.74 Å². The third-order valence-electron chi connectivity index (χ3n) is 2.95. The lowest BCUT2D eigenvalue weighted by atomic mass is 10.1. The molecule has 17 heavy (non-hydrogen) atoms. The molecule has 0 aliphatic rings. The monoisotopic (exact) mass is 255 g/mol. The first-order valence-electron chi connectivity index (χ1n) is 6.10. The highest BCUT2D eigenvalue weighted by atomic mass is 35.5. The average Bonchev–Trinajstić information content (AvgIpc) is 2.29. The van der Waals surface area contributed by atoms with E-state index in [0.717, 1.165) is 17.1 Å². The van der Waals surface area contributed by atoms with Gasteiger partial charge in [0.15, 0.2) is 0 Å². The van der Waals surface area contributed by atoms with Crippen molar-refractivity contribution in [3.63, 3.8) is 0 Å². The highest BCUT2D eigenvalue weighted by Crippen LogP contribution is 2.22. The van der Waals surface area contributed by atoms with Gasteiger partial charge in [0.2, 0.25) is 0 Å². The van der Waals surface area contributed by atoms with Gasteiger partial charge in [-0.1, -0.05) is 37.6 Å². The van der Waals surface area contributed by atoms with Gasteiger partial charge < -0.3 is 10.1 Å². The fourth-order valence-electron chi connectivity index (χ4n) is 1.52. The maximum atomic E-state index is 6.07. The summed E-state index contributed by atoms with van der Waals surface area (Å²) in [5, 5.41) is 3.93. The molecule has 0 heterocycles. The van der Waals surface area contributed by atoms with Gasteiger partial charge >= 0.3 is 0 Å². The Labute approximate surface area is 109 Å². The molecule has 2 nitrogen and oxygen atoms in total. The zero-order chi connectivity index (χ0) is 12.8. The standard InChI is InChI=1S/C14H22ClNO/c1-10(2)11(3)17-14(9-16-4)12-5-7-13(15)8-6-12/h5-8,10-11,14,16H,9H2,1-4H3. The predicted molar refractivity (Wildman–Crippen MR) is 73.5 cm³/mol. The molecule has 1 N–H and O–H groups in total. The van der Waals surface area contributed by atoms with Crippen LogP contribution in [0.2, 0.25) is 5.02 Å². The van der Waals surface area contributed by atoms with Crippen molar-refractivity contribution in [2.75, 3.05) is 13.6 Å². The molecule has 0 radical (unpaired) electrons. The van der Waals surface area contributed by atoms with Crippen LogP contribution in [0.1, 0.15) is 32.4 Å². The van der Waals surface area contributed by atoms with E-state index in [2.05, 4.69) is 26.1 Å². The van der Waals surface area contributed by atoms with Gasteiger partial charge in [-0.25, -0.2) is 0 Å². The fraction of sp³-hybridized carbons (Fsp3) is 0.571. The number of nitrogens with one attached hydrogen (secondary N) is 1. The molecule has 0 aliphatic heterocycles. The average molecular weight is 256 g/mol. The second-order valence-corrected chi connectivity index (χ2v) is 5.12. The Morgan fingerprint density at radius 2 is 1.76 bits per heavy atom. The van der Waals surface area contributed by atoms with Gasteiger partial charge in [-0.15, -0.1) is 0 Å². The Morgan fingerprint density at radius 1 is 1.18 bits per heavy atom. The second-order valence-electron chi connectivity index (χ2n) is 4.68. The van der Waals surface area contributed by atoms with Gasteiger partial charge in [-0.2, -0.15) is 0 Å². The summed E-state index contributed by atoms with van der Waals surface area (Å²) < 4.78 is 6.07. The summed E-state index contributed by atoms with van der Waals surface area (Å²) >= 11 is 5.89. The van der Waals surface area contributed by atoms with Gasteiger partial charge in [0.25, 0.3) is 0 Å². The molecule has 0 spiro atoms. The zero-order valence-corrected chi connectivity index (χ0v) is 11.8. The summed E-state index contributed by atoms with van der Waals surface area (Å²) in [4.78, 5) is 0. The highest BCUT2D eigenvalue weighted by molar-refractivity contribution is 6.30. The van der Waals surface area contributed by atoms with Crippen LogP contribution in [-0.4, -0.2) is 19.7 Å². The van der Waals surface area contributed by atoms with Crippen LogP contribution < -0.4 is 5.32 Å². The molecular weight excluding hydrogens is 234 g/mol. The highest BCUT2D eigenvalue weighted by Gasteiger charge is 2.16. The SMILES string of the molecule is CNCC(OC(C)C(C)C)c1ccc(Cl)cc1. The van der Waals surface area contributed by atoms with Crippen LogP contribution in [0.4, 0.5) is 0 Å². The number of hydrogen-bond donors (Lipinski definition) is 1. The largest absolute Gasteiger partial charge is 0.369 e. The number of likely N-dealkylation sites (N-methyl/N-ethyl adjacent to an activating group) is 1. The van der Waals surface area contributed by atoms with Crippen molar-refractivity contribution in [2.45, 2.75) is 33.0 Å². The fourth-order valence-corrected chi connectivity index (χ4v) is 1.65. The van der Waals surface area contributed by atoms with Crippen molar-refractivity contribution >= 4 is 11.6 Å². The van der Waals surface area contributed by atoms with E-state index in [9.17, 15) is 0 Å². The molecule has 0 bridgehead atoms. The molecule has 0 amide bonds. The van der Waals surface area contributed by atoms with Crippen LogP contribution in [0.15, 0.2) is 24.3 Å². The molecule has 2 unspecified atom stereocenters. The lowest BCUT2D eigenvalue weighted by Crippen LogP contribution is -2.25. The Bertz CT molecular complexity index is 323. The molecule has 1 rings (SSSR count). The quantitative estimate of drug-likeness (QED) is 0.838. The minimum atomic E-state index is 0.0784. The Balaban J connectivity index is 2.74. The van der Waals surface area contributed by atoms with Crippen LogP contribution in [0.25, 0.3) is 0 Å². The molecule has 2 atom stereocenters. The van der Waals surface area contributed by atoms with Crippen molar-refractivity contribution in [1.82, 2.24) is 5.32 Å². The van der Waals surface area contributed by atoms with Crippen molar-refractivity contribution in [1.29, 1.82) is 0 Å². The first-order valence-corrected chi connectivity index (χ1v) is 6.48. The first kappa shape index (κ1) is 14.5. The molecule has 0 saturated heterocycles. The normalized spacial score (nSPS) is 14.9. The maximum Gasteiger partial charge on any atom is 0.0952 e. The van der Waals surface area contributed by atoms with E-state index >= 15 is 0 Å². The summed E-state index contributed by atoms with van der Waals surface area (Å²) in [7, 11) is 1.94. The molecule has 96 valence electrons. The Kier molecular flexibility index (Phi) is 5.96. The van der Waals surface area contributed by atoms with E-state index in [1.54, 1.807) is 0 Å². The van der Waals surface area contributed by atoms with Gasteiger partial charge in [0.05, 0.1) is 12.2 Å². The molecular formula is C14H22ClNO. The number of rotatable bonds is 6. The van der Waals surface area contributed by atoms with Crippen LogP contribution >= 0.6 is 11.6 Å². The molecule has 0 saturated carbocycles. The number of ether oxygens (including phenoxy) is 1. The summed E-state index contributed by atoms with van der Waals surface area (Å²) in [6.07, 6.45) is 0.318. The van der Waals surface area contributed by atoms with Gasteiger partial charge in [-0.05, 0) is 37.6 Å². The molecule has 3 heteroatoms. The van der Waals surface area contributed by atoms with E-state index < -0.39 is 0 Å². The number of halogens is 1. The van der Waals surface area contributed by atoms with E-state index in [-0.39, 0.29) is 12.2 Å². The number of benzene rings is 1. The van der Waals surface area contributed by atoms with Crippen LogP contribution in [-0.2, 0) is 4.74 Å². The summed E-state index contributed by atoms with van der Waals surface area (Å²) in [5.41, 5.74) is 1.16. The zero-order valence-electron chi connectivity index (χ0n) is 11.0. The molecule has 0 fully saturated rings. The van der Waals surface area contributed by atoms with Gasteiger partial charge in [0, 0.05) is 11.6 Å². The van der Waals surface area contributed by atoms with E-state index in [1.165, 1.54) is 0 Å². The summed E-state index contributed by atoms with van der Waals surface area (Å²) in [6.45, 7) is 7.26. The van der Waals surface area contributed by atoms with E-state index in [1.807, 2.05) is 31.3 Å². The summed E-state index contributed by atoms with van der Waals surface area (Å²) in [5.74, 6) is 0.515. The van der Waals surface area contributed by atoms with Crippen molar-refractivity contribution in [3.05, 3.63) is 34.9 Å². The molecule has 1 aromatic carbocycles. The second kappa shape index (κ2) is 7.00. The van der Waals surface area contributed by atoms with E-state index in [4.69, 9.17) is 16.3 Å². The van der Waals surface area contributed by atoms with Crippen LogP contribution in [0.5, 0.6) is 0 Å². The third kappa shape index (κ3) is 4.66. The maximum absolute atomic E-state index is 6.07. The number of hydrogen-bond acceptors (Lipinski definition) is 2. The molecule has 1 aromatic rings. The smallest absolute Gasteiger partial charge is 0.0952 e. The van der Waals surface area contributed by atoms with Crippen molar-refractivity contribution in [2.24, 2.45) is 5.92 Å². The van der Waals surface area contributed by atoms with E-state index in [0.29, 0.717) is 5.92 Å². The topological polar surface area (TPSA) is 21.3 Å². The Hall–Kier alpha value is -0.570. The summed E-state index contributed by atoms with van der Waals surface area (Å²) in [6, 6.07) is 7.86.